The smallest absolute Gasteiger partial charge is 0.184 e. The maximum atomic E-state index is 5.69. The third-order valence-electron chi connectivity index (χ3n) is 3.69. The predicted octanol–water partition coefficient (Wildman–Crippen LogP) is 1.76. The number of rotatable bonds is 2. The van der Waals surface area contributed by atoms with E-state index < -0.39 is 0 Å². The molecule has 0 aliphatic carbocycles. The van der Waals surface area contributed by atoms with E-state index >= 15 is 0 Å². The maximum absolute atomic E-state index is 5.69. The molecule has 0 saturated carbocycles. The minimum absolute atomic E-state index is 0.575. The molecule has 1 aromatic heterocycles. The molecule has 0 amide bonds. The predicted molar refractivity (Wildman–Crippen MR) is 67.8 cm³/mol. The summed E-state index contributed by atoms with van der Waals surface area (Å²) in [5.41, 5.74) is 5.69. The second-order valence-electron chi connectivity index (χ2n) is 4.71. The van der Waals surface area contributed by atoms with Gasteiger partial charge in [0.25, 0.3) is 0 Å². The van der Waals surface area contributed by atoms with Crippen molar-refractivity contribution in [1.29, 1.82) is 0 Å². The Hall–Kier alpha value is -0.810. The number of hydrogen-bond donors (Lipinski definition) is 2. The Morgan fingerprint density at radius 2 is 2.31 bits per heavy atom. The van der Waals surface area contributed by atoms with Crippen molar-refractivity contribution in [3.05, 3.63) is 6.20 Å². The molecule has 2 saturated heterocycles. The number of anilines is 2. The molecule has 16 heavy (non-hydrogen) atoms. The topological polar surface area (TPSA) is 54.2 Å². The number of aromatic nitrogens is 1. The molecule has 0 radical (unpaired) electrons. The third kappa shape index (κ3) is 1.89. The first kappa shape index (κ1) is 10.4. The Morgan fingerprint density at radius 3 is 3.12 bits per heavy atom. The standard InChI is InChI=1S/C11H18N4S/c12-10-7-13-11(16-10)14-8-4-6-15-5-2-1-3-9(8)15/h7-9H,1-6,12H2,(H,13,14). The molecule has 3 N–H and O–H groups in total. The van der Waals surface area contributed by atoms with E-state index in [1.54, 1.807) is 17.5 Å². The summed E-state index contributed by atoms with van der Waals surface area (Å²) in [6.07, 6.45) is 7.05. The van der Waals surface area contributed by atoms with Crippen LogP contribution in [0.5, 0.6) is 0 Å². The van der Waals surface area contributed by atoms with Crippen LogP contribution in [-0.4, -0.2) is 35.1 Å². The van der Waals surface area contributed by atoms with Crippen LogP contribution in [0.3, 0.4) is 0 Å². The number of hydrogen-bond acceptors (Lipinski definition) is 5. The van der Waals surface area contributed by atoms with Crippen molar-refractivity contribution in [3.63, 3.8) is 0 Å². The lowest BCUT2D eigenvalue weighted by Gasteiger charge is -2.32. The number of nitrogens with one attached hydrogen (secondary N) is 1. The Balaban J connectivity index is 1.67. The van der Waals surface area contributed by atoms with Gasteiger partial charge < -0.3 is 11.1 Å². The summed E-state index contributed by atoms with van der Waals surface area (Å²) in [7, 11) is 0. The van der Waals surface area contributed by atoms with Crippen LogP contribution in [0.2, 0.25) is 0 Å². The summed E-state index contributed by atoms with van der Waals surface area (Å²) in [6, 6.07) is 1.30. The van der Waals surface area contributed by atoms with Crippen molar-refractivity contribution in [2.24, 2.45) is 0 Å². The number of nitrogens with two attached hydrogens (primary N) is 1. The van der Waals surface area contributed by atoms with Gasteiger partial charge in [0.1, 0.15) is 5.00 Å². The fourth-order valence-electron chi connectivity index (χ4n) is 2.93. The highest BCUT2D eigenvalue weighted by atomic mass is 32.1. The van der Waals surface area contributed by atoms with Crippen LogP contribution in [0.15, 0.2) is 6.20 Å². The van der Waals surface area contributed by atoms with E-state index in [4.69, 9.17) is 5.73 Å². The molecule has 3 heterocycles. The lowest BCUT2D eigenvalue weighted by molar-refractivity contribution is 0.193. The molecule has 0 bridgehead atoms. The molecule has 0 spiro atoms. The zero-order valence-corrected chi connectivity index (χ0v) is 10.2. The largest absolute Gasteiger partial charge is 0.389 e. The first-order valence-electron chi connectivity index (χ1n) is 6.05. The van der Waals surface area contributed by atoms with Crippen LogP contribution in [0.1, 0.15) is 25.7 Å². The number of fused-ring (bicyclic) bond motifs is 1. The van der Waals surface area contributed by atoms with E-state index in [2.05, 4.69) is 15.2 Å². The number of piperidine rings is 1. The van der Waals surface area contributed by atoms with E-state index in [0.29, 0.717) is 6.04 Å². The van der Waals surface area contributed by atoms with E-state index in [-0.39, 0.29) is 0 Å². The minimum atomic E-state index is 0.575. The van der Waals surface area contributed by atoms with Crippen LogP contribution in [0.25, 0.3) is 0 Å². The minimum Gasteiger partial charge on any atom is -0.389 e. The summed E-state index contributed by atoms with van der Waals surface area (Å²) in [6.45, 7) is 2.52. The van der Waals surface area contributed by atoms with Gasteiger partial charge in [-0.15, -0.1) is 0 Å². The van der Waals surface area contributed by atoms with Gasteiger partial charge in [-0.25, -0.2) is 4.98 Å². The monoisotopic (exact) mass is 238 g/mol. The summed E-state index contributed by atoms with van der Waals surface area (Å²) < 4.78 is 0. The van der Waals surface area contributed by atoms with Crippen molar-refractivity contribution < 1.29 is 0 Å². The molecule has 0 aromatic carbocycles. The molecule has 88 valence electrons. The van der Waals surface area contributed by atoms with E-state index in [1.807, 2.05) is 0 Å². The van der Waals surface area contributed by atoms with Gasteiger partial charge in [0.2, 0.25) is 0 Å². The van der Waals surface area contributed by atoms with Crippen molar-refractivity contribution in [2.45, 2.75) is 37.8 Å². The first-order valence-corrected chi connectivity index (χ1v) is 6.86. The molecular formula is C11H18N4S. The molecule has 2 fully saturated rings. The Bertz CT molecular complexity index is 365. The van der Waals surface area contributed by atoms with Gasteiger partial charge in [0, 0.05) is 18.6 Å². The Morgan fingerprint density at radius 1 is 1.38 bits per heavy atom. The highest BCUT2D eigenvalue weighted by Gasteiger charge is 2.35. The quantitative estimate of drug-likeness (QED) is 0.824. The first-order chi connectivity index (χ1) is 7.83. The second-order valence-corrected chi connectivity index (χ2v) is 5.77. The fraction of sp³-hybridized carbons (Fsp3) is 0.727. The highest BCUT2D eigenvalue weighted by Crippen LogP contribution is 2.30. The summed E-state index contributed by atoms with van der Waals surface area (Å²) in [5, 5.41) is 5.32. The highest BCUT2D eigenvalue weighted by molar-refractivity contribution is 7.19. The van der Waals surface area contributed by atoms with Crippen molar-refractivity contribution in [2.75, 3.05) is 24.1 Å². The number of nitrogen functional groups attached to an aromatic ring is 1. The van der Waals surface area contributed by atoms with Gasteiger partial charge in [-0.3, -0.25) is 4.90 Å². The molecule has 2 aliphatic rings. The van der Waals surface area contributed by atoms with Gasteiger partial charge in [-0.2, -0.15) is 0 Å². The third-order valence-corrected chi connectivity index (χ3v) is 4.45. The number of nitrogens with zero attached hydrogens (tertiary/aromatic N) is 2. The zero-order chi connectivity index (χ0) is 11.0. The molecule has 2 unspecified atom stereocenters. The van der Waals surface area contributed by atoms with Crippen molar-refractivity contribution in [3.8, 4) is 0 Å². The summed E-state index contributed by atoms with van der Waals surface area (Å²) >= 11 is 1.55. The lowest BCUT2D eigenvalue weighted by atomic mass is 9.99. The molecule has 4 nitrogen and oxygen atoms in total. The second kappa shape index (κ2) is 4.22. The van der Waals surface area contributed by atoms with E-state index in [9.17, 15) is 0 Å². The zero-order valence-electron chi connectivity index (χ0n) is 9.35. The van der Waals surface area contributed by atoms with Gasteiger partial charge >= 0.3 is 0 Å². The van der Waals surface area contributed by atoms with Crippen LogP contribution in [-0.2, 0) is 0 Å². The van der Waals surface area contributed by atoms with Crippen LogP contribution < -0.4 is 11.1 Å². The van der Waals surface area contributed by atoms with Crippen LogP contribution >= 0.6 is 11.3 Å². The van der Waals surface area contributed by atoms with Crippen molar-refractivity contribution >= 4 is 21.5 Å². The Kier molecular flexibility index (Phi) is 2.73. The summed E-state index contributed by atoms with van der Waals surface area (Å²) in [5.74, 6) is 0. The van der Waals surface area contributed by atoms with Crippen molar-refractivity contribution in [1.82, 2.24) is 9.88 Å². The molecule has 1 aromatic rings. The average Bonchev–Trinajstić information content (AvgIpc) is 2.87. The molecule has 2 aliphatic heterocycles. The normalized spacial score (nSPS) is 30.2. The van der Waals surface area contributed by atoms with E-state index in [0.717, 1.165) is 16.2 Å². The SMILES string of the molecule is Nc1cnc(NC2CCN3CCCCC23)s1. The molecule has 2 atom stereocenters. The van der Waals surface area contributed by atoms with Gasteiger partial charge in [0.05, 0.1) is 6.20 Å². The molecular weight excluding hydrogens is 220 g/mol. The summed E-state index contributed by atoms with van der Waals surface area (Å²) in [4.78, 5) is 6.90. The Labute approximate surface area is 99.8 Å². The lowest BCUT2D eigenvalue weighted by Crippen LogP contribution is -2.41. The van der Waals surface area contributed by atoms with Crippen LogP contribution in [0, 0.1) is 0 Å². The van der Waals surface area contributed by atoms with E-state index in [1.165, 1.54) is 38.8 Å². The van der Waals surface area contributed by atoms with Crippen LogP contribution in [0.4, 0.5) is 10.1 Å². The van der Waals surface area contributed by atoms with Gasteiger partial charge in [0.15, 0.2) is 5.13 Å². The van der Waals surface area contributed by atoms with Gasteiger partial charge in [-0.1, -0.05) is 17.8 Å². The number of thiazole rings is 1. The molecule has 3 rings (SSSR count). The fourth-order valence-corrected chi connectivity index (χ4v) is 3.57. The maximum Gasteiger partial charge on any atom is 0.184 e. The average molecular weight is 238 g/mol. The van der Waals surface area contributed by atoms with Gasteiger partial charge in [-0.05, 0) is 25.8 Å². The molecule has 5 heteroatoms.